The van der Waals surface area contributed by atoms with Gasteiger partial charge < -0.3 is 20.0 Å². The van der Waals surface area contributed by atoms with Crippen molar-refractivity contribution in [2.45, 2.75) is 24.5 Å². The molecule has 5 heteroatoms. The number of carboxylic acid groups (broad SMARTS) is 1. The molecule has 1 amide bonds. The molecule has 2 aliphatic rings. The van der Waals surface area contributed by atoms with Crippen molar-refractivity contribution in [3.05, 3.63) is 83.9 Å². The molecular formula is C23H22NO4-. The van der Waals surface area contributed by atoms with Crippen LogP contribution in [-0.2, 0) is 14.3 Å². The van der Waals surface area contributed by atoms with E-state index in [0.29, 0.717) is 13.0 Å². The highest BCUT2D eigenvalue weighted by Crippen LogP contribution is 2.39. The molecule has 0 saturated carbocycles. The molecule has 0 unspecified atom stereocenters. The lowest BCUT2D eigenvalue weighted by Gasteiger charge is -2.25. The van der Waals surface area contributed by atoms with E-state index in [1.54, 1.807) is 12.2 Å². The average Bonchev–Trinajstić information content (AvgIpc) is 3.34. The first kappa shape index (κ1) is 18.4. The van der Waals surface area contributed by atoms with E-state index in [1.165, 1.54) is 11.1 Å². The van der Waals surface area contributed by atoms with Gasteiger partial charge in [0.1, 0.15) is 0 Å². The van der Waals surface area contributed by atoms with E-state index in [2.05, 4.69) is 29.6 Å². The van der Waals surface area contributed by atoms with Crippen molar-refractivity contribution in [2.75, 3.05) is 6.54 Å². The van der Waals surface area contributed by atoms with Crippen LogP contribution in [0.2, 0.25) is 0 Å². The fraction of sp³-hybridized carbons (Fsp3) is 0.304. The summed E-state index contributed by atoms with van der Waals surface area (Å²) in [6, 6.07) is 20.3. The minimum Gasteiger partial charge on any atom is -0.550 e. The number of amides is 1. The lowest BCUT2D eigenvalue weighted by Crippen LogP contribution is -2.47. The molecule has 0 aliphatic carbocycles. The Balaban J connectivity index is 1.43. The molecule has 1 fully saturated rings. The lowest BCUT2D eigenvalue weighted by molar-refractivity contribution is -0.313. The van der Waals surface area contributed by atoms with Gasteiger partial charge in [-0.2, -0.15) is 0 Å². The third-order valence-electron chi connectivity index (χ3n) is 5.61. The average molecular weight is 376 g/mol. The summed E-state index contributed by atoms with van der Waals surface area (Å²) in [7, 11) is 0. The van der Waals surface area contributed by atoms with Crippen molar-refractivity contribution in [1.82, 2.24) is 5.32 Å². The van der Waals surface area contributed by atoms with Gasteiger partial charge in [0.05, 0.1) is 18.1 Å². The Morgan fingerprint density at radius 1 is 0.893 bits per heavy atom. The van der Waals surface area contributed by atoms with Crippen molar-refractivity contribution < 1.29 is 19.4 Å². The normalized spacial score (nSPS) is 25.2. The fourth-order valence-corrected chi connectivity index (χ4v) is 4.26. The third-order valence-corrected chi connectivity index (χ3v) is 5.61. The third kappa shape index (κ3) is 3.58. The highest BCUT2D eigenvalue weighted by atomic mass is 16.5. The molecule has 5 nitrogen and oxygen atoms in total. The Labute approximate surface area is 164 Å². The van der Waals surface area contributed by atoms with E-state index in [-0.39, 0.29) is 11.8 Å². The molecule has 2 heterocycles. The van der Waals surface area contributed by atoms with E-state index in [1.807, 2.05) is 36.4 Å². The summed E-state index contributed by atoms with van der Waals surface area (Å²) in [6.07, 6.45) is 3.15. The first-order valence-corrected chi connectivity index (χ1v) is 9.57. The van der Waals surface area contributed by atoms with Crippen LogP contribution in [0.3, 0.4) is 0 Å². The van der Waals surface area contributed by atoms with Crippen LogP contribution in [0.1, 0.15) is 23.5 Å². The van der Waals surface area contributed by atoms with Crippen LogP contribution in [-0.4, -0.2) is 30.6 Å². The van der Waals surface area contributed by atoms with E-state index in [9.17, 15) is 14.7 Å². The van der Waals surface area contributed by atoms with Gasteiger partial charge in [-0.15, -0.1) is 0 Å². The SMILES string of the molecule is O=C([O-])[C@@H]1[C@@H](C(=O)NCCC(c2ccccc2)c2ccccc2)[C@H]2C=C[C@@H]1O2. The molecule has 2 aliphatic heterocycles. The summed E-state index contributed by atoms with van der Waals surface area (Å²) in [5.41, 5.74) is 2.36. The molecule has 0 spiro atoms. The topological polar surface area (TPSA) is 78.5 Å². The van der Waals surface area contributed by atoms with Crippen LogP contribution in [0.15, 0.2) is 72.8 Å². The van der Waals surface area contributed by atoms with Crippen LogP contribution < -0.4 is 10.4 Å². The van der Waals surface area contributed by atoms with Gasteiger partial charge >= 0.3 is 0 Å². The van der Waals surface area contributed by atoms with E-state index in [4.69, 9.17) is 4.74 Å². The molecule has 4 rings (SSSR count). The van der Waals surface area contributed by atoms with Gasteiger partial charge in [0.15, 0.2) is 0 Å². The van der Waals surface area contributed by atoms with Gasteiger partial charge in [-0.3, -0.25) is 4.79 Å². The standard InChI is InChI=1S/C23H23NO4/c25-22(20-18-11-12-19(28-18)21(20)23(26)27)24-14-13-17(15-7-3-1-4-8-15)16-9-5-2-6-10-16/h1-12,17-21H,13-14H2,(H,24,25)(H,26,27)/p-1/t18-,19+,20+,21+/m1/s1. The minimum absolute atomic E-state index is 0.149. The Kier molecular flexibility index (Phi) is 5.26. The van der Waals surface area contributed by atoms with Crippen LogP contribution in [0.4, 0.5) is 0 Å². The second-order valence-corrected chi connectivity index (χ2v) is 7.27. The summed E-state index contributed by atoms with van der Waals surface area (Å²) in [6.45, 7) is 0.449. The number of nitrogens with one attached hydrogen (secondary N) is 1. The molecule has 1 N–H and O–H groups in total. The number of hydrogen-bond donors (Lipinski definition) is 1. The fourth-order valence-electron chi connectivity index (χ4n) is 4.26. The second kappa shape index (κ2) is 7.98. The highest BCUT2D eigenvalue weighted by Gasteiger charge is 2.50. The van der Waals surface area contributed by atoms with Gasteiger partial charge in [-0.05, 0) is 17.5 Å². The number of rotatable bonds is 7. The van der Waals surface area contributed by atoms with Crippen LogP contribution in [0, 0.1) is 11.8 Å². The maximum atomic E-state index is 12.7. The van der Waals surface area contributed by atoms with Gasteiger partial charge in [0, 0.05) is 24.3 Å². The molecule has 0 aromatic heterocycles. The van der Waals surface area contributed by atoms with Gasteiger partial charge in [0.25, 0.3) is 0 Å². The number of hydrogen-bond acceptors (Lipinski definition) is 4. The minimum atomic E-state index is -1.23. The summed E-state index contributed by atoms with van der Waals surface area (Å²) < 4.78 is 5.55. The molecular weight excluding hydrogens is 354 g/mol. The van der Waals surface area contributed by atoms with Crippen molar-refractivity contribution in [1.29, 1.82) is 0 Å². The van der Waals surface area contributed by atoms with Gasteiger partial charge in [0.2, 0.25) is 5.91 Å². The first-order valence-electron chi connectivity index (χ1n) is 9.57. The monoisotopic (exact) mass is 376 g/mol. The molecule has 2 aromatic rings. The molecule has 0 radical (unpaired) electrons. The Hall–Kier alpha value is -2.92. The van der Waals surface area contributed by atoms with E-state index < -0.39 is 30.0 Å². The van der Waals surface area contributed by atoms with Crippen LogP contribution in [0.25, 0.3) is 0 Å². The van der Waals surface area contributed by atoms with Crippen molar-refractivity contribution >= 4 is 11.9 Å². The Morgan fingerprint density at radius 2 is 1.43 bits per heavy atom. The number of carboxylic acids is 1. The number of aliphatic carboxylic acids is 1. The molecule has 4 atom stereocenters. The van der Waals surface area contributed by atoms with Gasteiger partial charge in [-0.1, -0.05) is 72.8 Å². The van der Waals surface area contributed by atoms with Gasteiger partial charge in [-0.25, -0.2) is 0 Å². The van der Waals surface area contributed by atoms with Crippen molar-refractivity contribution in [2.24, 2.45) is 11.8 Å². The Bertz CT molecular complexity index is 825. The number of fused-ring (bicyclic) bond motifs is 2. The summed E-state index contributed by atoms with van der Waals surface area (Å²) in [5, 5.41) is 14.4. The summed E-state index contributed by atoms with van der Waals surface area (Å²) in [5.74, 6) is -3.02. The predicted molar refractivity (Wildman–Crippen MR) is 102 cm³/mol. The number of ether oxygens (including phenoxy) is 1. The van der Waals surface area contributed by atoms with Crippen LogP contribution in [0.5, 0.6) is 0 Å². The van der Waals surface area contributed by atoms with Crippen molar-refractivity contribution in [3.8, 4) is 0 Å². The quantitative estimate of drug-likeness (QED) is 0.746. The molecule has 144 valence electrons. The molecule has 1 saturated heterocycles. The first-order chi connectivity index (χ1) is 13.6. The number of benzene rings is 2. The Morgan fingerprint density at radius 3 is 1.96 bits per heavy atom. The predicted octanol–water partition coefficient (Wildman–Crippen LogP) is 1.64. The number of carbonyl (C=O) groups excluding carboxylic acids is 2. The van der Waals surface area contributed by atoms with Crippen LogP contribution >= 0.6 is 0 Å². The zero-order valence-electron chi connectivity index (χ0n) is 15.4. The summed E-state index contributed by atoms with van der Waals surface area (Å²) in [4.78, 5) is 24.1. The highest BCUT2D eigenvalue weighted by molar-refractivity contribution is 5.86. The van der Waals surface area contributed by atoms with Crippen molar-refractivity contribution in [3.63, 3.8) is 0 Å². The maximum absolute atomic E-state index is 12.7. The number of carbonyl (C=O) groups is 2. The molecule has 2 bridgehead atoms. The maximum Gasteiger partial charge on any atom is 0.226 e. The largest absolute Gasteiger partial charge is 0.550 e. The molecule has 2 aromatic carbocycles. The smallest absolute Gasteiger partial charge is 0.226 e. The summed E-state index contributed by atoms with van der Waals surface area (Å²) >= 11 is 0. The molecule has 28 heavy (non-hydrogen) atoms. The second-order valence-electron chi connectivity index (χ2n) is 7.27. The van der Waals surface area contributed by atoms with E-state index in [0.717, 1.165) is 0 Å². The van der Waals surface area contributed by atoms with E-state index >= 15 is 0 Å². The zero-order valence-corrected chi connectivity index (χ0v) is 15.4. The zero-order chi connectivity index (χ0) is 19.5. The lowest BCUT2D eigenvalue weighted by atomic mass is 9.82.